The Morgan fingerprint density at radius 2 is 1.85 bits per heavy atom. The first-order valence-electron chi connectivity index (χ1n) is 6.53. The number of amides is 1. The molecular formula is C17H18N2O. The Hall–Kier alpha value is -2.42. The molecule has 0 saturated carbocycles. The van der Waals surface area contributed by atoms with Crippen LogP contribution in [0.15, 0.2) is 36.7 Å². The molecule has 0 fully saturated rings. The van der Waals surface area contributed by atoms with E-state index in [4.69, 9.17) is 0 Å². The zero-order valence-corrected chi connectivity index (χ0v) is 12.0. The fraction of sp³-hybridized carbons (Fsp3) is 0.176. The van der Waals surface area contributed by atoms with Crippen LogP contribution in [0.1, 0.15) is 32.6 Å². The number of benzene rings is 1. The lowest BCUT2D eigenvalue weighted by molar-refractivity contribution is 0.0962. The van der Waals surface area contributed by atoms with Crippen molar-refractivity contribution in [3.8, 4) is 0 Å². The summed E-state index contributed by atoms with van der Waals surface area (Å²) in [6, 6.07) is 8.06. The molecule has 1 heterocycles. The van der Waals surface area contributed by atoms with Crippen molar-refractivity contribution in [2.45, 2.75) is 13.8 Å². The van der Waals surface area contributed by atoms with E-state index >= 15 is 0 Å². The van der Waals surface area contributed by atoms with Crippen molar-refractivity contribution in [2.24, 2.45) is 0 Å². The number of hydrogen-bond donors (Lipinski definition) is 1. The highest BCUT2D eigenvalue weighted by molar-refractivity contribution is 5.94. The second kappa shape index (κ2) is 6.15. The molecule has 3 heteroatoms. The molecule has 1 N–H and O–H groups in total. The molecule has 0 aliphatic rings. The third-order valence-electron chi connectivity index (χ3n) is 3.23. The summed E-state index contributed by atoms with van der Waals surface area (Å²) in [5, 5.41) is 2.60. The molecule has 2 rings (SSSR count). The van der Waals surface area contributed by atoms with Crippen molar-refractivity contribution in [2.75, 3.05) is 7.05 Å². The summed E-state index contributed by atoms with van der Waals surface area (Å²) < 4.78 is 0. The van der Waals surface area contributed by atoms with E-state index in [1.54, 1.807) is 19.4 Å². The molecule has 0 saturated heterocycles. The van der Waals surface area contributed by atoms with Crippen molar-refractivity contribution in [3.63, 3.8) is 0 Å². The van der Waals surface area contributed by atoms with E-state index in [2.05, 4.69) is 48.4 Å². The van der Waals surface area contributed by atoms with E-state index < -0.39 is 0 Å². The Morgan fingerprint density at radius 1 is 1.15 bits per heavy atom. The summed E-state index contributed by atoms with van der Waals surface area (Å²) in [5.74, 6) is -0.125. The number of pyridine rings is 1. The van der Waals surface area contributed by atoms with Crippen molar-refractivity contribution in [3.05, 3.63) is 64.5 Å². The van der Waals surface area contributed by atoms with E-state index in [1.807, 2.05) is 12.1 Å². The number of rotatable bonds is 3. The average Bonchev–Trinajstić information content (AvgIpc) is 2.46. The summed E-state index contributed by atoms with van der Waals surface area (Å²) in [6.07, 6.45) is 7.36. The monoisotopic (exact) mass is 266 g/mol. The zero-order valence-electron chi connectivity index (χ0n) is 12.0. The fourth-order valence-corrected chi connectivity index (χ4v) is 2.09. The van der Waals surface area contributed by atoms with Gasteiger partial charge in [0.15, 0.2) is 0 Å². The first-order valence-corrected chi connectivity index (χ1v) is 6.53. The van der Waals surface area contributed by atoms with Crippen LogP contribution in [-0.4, -0.2) is 17.9 Å². The van der Waals surface area contributed by atoms with Crippen LogP contribution in [0.4, 0.5) is 0 Å². The molecule has 1 aromatic heterocycles. The van der Waals surface area contributed by atoms with Crippen LogP contribution in [0.5, 0.6) is 0 Å². The van der Waals surface area contributed by atoms with Crippen molar-refractivity contribution in [1.29, 1.82) is 0 Å². The Morgan fingerprint density at radius 3 is 2.50 bits per heavy atom. The minimum Gasteiger partial charge on any atom is -0.355 e. The maximum Gasteiger partial charge on any atom is 0.252 e. The van der Waals surface area contributed by atoms with Crippen LogP contribution in [0.2, 0.25) is 0 Å². The molecule has 0 unspecified atom stereocenters. The topological polar surface area (TPSA) is 42.0 Å². The third kappa shape index (κ3) is 3.12. The first-order chi connectivity index (χ1) is 9.61. The number of carbonyl (C=O) groups is 1. The SMILES string of the molecule is CNC(=O)c1cncc(C=Cc2c(C)cccc2C)c1. The van der Waals surface area contributed by atoms with E-state index in [0.717, 1.165) is 5.56 Å². The van der Waals surface area contributed by atoms with E-state index in [-0.39, 0.29) is 5.91 Å². The van der Waals surface area contributed by atoms with Crippen LogP contribution in [0, 0.1) is 13.8 Å². The number of aryl methyl sites for hydroxylation is 2. The quantitative estimate of drug-likeness (QED) is 0.926. The van der Waals surface area contributed by atoms with Crippen LogP contribution in [0.25, 0.3) is 12.2 Å². The smallest absolute Gasteiger partial charge is 0.252 e. The van der Waals surface area contributed by atoms with Gasteiger partial charge in [-0.3, -0.25) is 9.78 Å². The van der Waals surface area contributed by atoms with Crippen LogP contribution in [-0.2, 0) is 0 Å². The Kier molecular flexibility index (Phi) is 4.31. The van der Waals surface area contributed by atoms with E-state index in [1.165, 1.54) is 16.7 Å². The van der Waals surface area contributed by atoms with Crippen LogP contribution in [0.3, 0.4) is 0 Å². The normalized spacial score (nSPS) is 10.8. The highest BCUT2D eigenvalue weighted by atomic mass is 16.1. The van der Waals surface area contributed by atoms with Gasteiger partial charge in [0.25, 0.3) is 5.91 Å². The molecule has 1 aromatic carbocycles. The Labute approximate surface area is 119 Å². The predicted octanol–water partition coefficient (Wildman–Crippen LogP) is 3.23. The van der Waals surface area contributed by atoms with E-state index in [0.29, 0.717) is 5.56 Å². The van der Waals surface area contributed by atoms with Crippen molar-refractivity contribution in [1.82, 2.24) is 10.3 Å². The largest absolute Gasteiger partial charge is 0.355 e. The lowest BCUT2D eigenvalue weighted by atomic mass is 10.0. The Balaban J connectivity index is 2.30. The minimum atomic E-state index is -0.125. The van der Waals surface area contributed by atoms with Crippen LogP contribution >= 0.6 is 0 Å². The van der Waals surface area contributed by atoms with Gasteiger partial charge in [-0.2, -0.15) is 0 Å². The van der Waals surface area contributed by atoms with Gasteiger partial charge in [-0.15, -0.1) is 0 Å². The molecule has 0 aliphatic heterocycles. The summed E-state index contributed by atoms with van der Waals surface area (Å²) in [6.45, 7) is 4.18. The van der Waals surface area contributed by atoms with Gasteiger partial charge in [0.1, 0.15) is 0 Å². The predicted molar refractivity (Wildman–Crippen MR) is 82.5 cm³/mol. The molecule has 0 bridgehead atoms. The maximum atomic E-state index is 11.6. The lowest BCUT2D eigenvalue weighted by Gasteiger charge is -2.04. The summed E-state index contributed by atoms with van der Waals surface area (Å²) in [7, 11) is 1.61. The maximum absolute atomic E-state index is 11.6. The summed E-state index contributed by atoms with van der Waals surface area (Å²) >= 11 is 0. The van der Waals surface area contributed by atoms with Gasteiger partial charge in [-0.1, -0.05) is 30.4 Å². The molecule has 0 radical (unpaired) electrons. The minimum absolute atomic E-state index is 0.125. The van der Waals surface area contributed by atoms with Crippen LogP contribution < -0.4 is 5.32 Å². The Bertz CT molecular complexity index is 640. The standard InChI is InChI=1S/C17H18N2O/c1-12-5-4-6-13(2)16(12)8-7-14-9-15(11-19-10-14)17(20)18-3/h4-11H,1-3H3,(H,18,20). The van der Waals surface area contributed by atoms with Gasteiger partial charge in [0.2, 0.25) is 0 Å². The third-order valence-corrected chi connectivity index (χ3v) is 3.23. The molecule has 0 aliphatic carbocycles. The molecule has 0 spiro atoms. The van der Waals surface area contributed by atoms with Gasteiger partial charge in [-0.25, -0.2) is 0 Å². The number of nitrogens with zero attached hydrogens (tertiary/aromatic N) is 1. The highest BCUT2D eigenvalue weighted by Crippen LogP contribution is 2.17. The highest BCUT2D eigenvalue weighted by Gasteiger charge is 2.03. The van der Waals surface area contributed by atoms with Gasteiger partial charge < -0.3 is 5.32 Å². The molecule has 0 atom stereocenters. The molecule has 1 amide bonds. The summed E-state index contributed by atoms with van der Waals surface area (Å²) in [4.78, 5) is 15.7. The van der Waals surface area contributed by atoms with Gasteiger partial charge >= 0.3 is 0 Å². The van der Waals surface area contributed by atoms with Crippen molar-refractivity contribution >= 4 is 18.1 Å². The molecule has 102 valence electrons. The van der Waals surface area contributed by atoms with Gasteiger partial charge in [-0.05, 0) is 42.2 Å². The zero-order chi connectivity index (χ0) is 14.5. The van der Waals surface area contributed by atoms with Gasteiger partial charge in [0, 0.05) is 19.4 Å². The molecule has 2 aromatic rings. The van der Waals surface area contributed by atoms with Crippen molar-refractivity contribution < 1.29 is 4.79 Å². The summed E-state index contributed by atoms with van der Waals surface area (Å²) in [5.41, 5.74) is 5.15. The second-order valence-corrected chi connectivity index (χ2v) is 4.72. The fourth-order valence-electron chi connectivity index (χ4n) is 2.09. The first kappa shape index (κ1) is 14.0. The lowest BCUT2D eigenvalue weighted by Crippen LogP contribution is -2.17. The molecule has 20 heavy (non-hydrogen) atoms. The second-order valence-electron chi connectivity index (χ2n) is 4.72. The van der Waals surface area contributed by atoms with Gasteiger partial charge in [0.05, 0.1) is 5.56 Å². The number of carbonyl (C=O) groups excluding carboxylic acids is 1. The van der Waals surface area contributed by atoms with E-state index in [9.17, 15) is 4.79 Å². The number of hydrogen-bond acceptors (Lipinski definition) is 2. The average molecular weight is 266 g/mol. The number of nitrogens with one attached hydrogen (secondary N) is 1. The molecular weight excluding hydrogens is 248 g/mol. The molecule has 3 nitrogen and oxygen atoms in total. The number of aromatic nitrogens is 1.